The molecule has 4 heteroatoms. The Morgan fingerprint density at radius 1 is 1.05 bits per heavy atom. The smallest absolute Gasteiger partial charge is 0.195 e. The number of hydrogen-bond acceptors (Lipinski definition) is 2. The third-order valence-electron chi connectivity index (χ3n) is 6.13. The standard InChI is InChI=1S/C15H21N3S/c19-14-17-16-13(18(14)12-1-2-12)15-6-9-3-10(7-15)5-11(4-9)8-15/h9-12H,1-8H2,(H,17,19). The van der Waals surface area contributed by atoms with Crippen LogP contribution in [0.5, 0.6) is 0 Å². The molecule has 0 amide bonds. The molecular formula is C15H21N3S. The van der Waals surface area contributed by atoms with Gasteiger partial charge in [0.15, 0.2) is 4.77 Å². The first-order chi connectivity index (χ1) is 9.23. The predicted molar refractivity (Wildman–Crippen MR) is 75.5 cm³/mol. The first kappa shape index (κ1) is 11.1. The van der Waals surface area contributed by atoms with E-state index in [4.69, 9.17) is 17.3 Å². The van der Waals surface area contributed by atoms with E-state index in [0.717, 1.165) is 22.5 Å². The molecule has 5 saturated carbocycles. The molecule has 0 aromatic carbocycles. The number of aromatic nitrogens is 3. The van der Waals surface area contributed by atoms with E-state index in [1.807, 2.05) is 0 Å². The van der Waals surface area contributed by atoms with Crippen molar-refractivity contribution in [1.82, 2.24) is 14.8 Å². The van der Waals surface area contributed by atoms with E-state index in [1.165, 1.54) is 57.2 Å². The Labute approximate surface area is 118 Å². The predicted octanol–water partition coefficient (Wildman–Crippen LogP) is 3.74. The minimum Gasteiger partial charge on any atom is -0.301 e. The molecule has 4 bridgehead atoms. The molecule has 19 heavy (non-hydrogen) atoms. The van der Waals surface area contributed by atoms with Crippen molar-refractivity contribution >= 4 is 12.2 Å². The lowest BCUT2D eigenvalue weighted by Gasteiger charge is -2.56. The van der Waals surface area contributed by atoms with Crippen LogP contribution in [0.2, 0.25) is 0 Å². The number of hydrogen-bond donors (Lipinski definition) is 1. The lowest BCUT2D eigenvalue weighted by Crippen LogP contribution is -2.49. The van der Waals surface area contributed by atoms with Gasteiger partial charge in [-0.25, -0.2) is 0 Å². The molecule has 5 aliphatic rings. The highest BCUT2D eigenvalue weighted by Crippen LogP contribution is 2.60. The fourth-order valence-electron chi connectivity index (χ4n) is 5.73. The molecule has 1 aromatic rings. The van der Waals surface area contributed by atoms with Gasteiger partial charge in [0.2, 0.25) is 0 Å². The fourth-order valence-corrected chi connectivity index (χ4v) is 6.02. The monoisotopic (exact) mass is 275 g/mol. The maximum absolute atomic E-state index is 5.49. The molecule has 1 heterocycles. The molecule has 0 atom stereocenters. The Bertz CT molecular complexity index is 545. The van der Waals surface area contributed by atoms with Gasteiger partial charge in [0.1, 0.15) is 5.82 Å². The molecular weight excluding hydrogens is 254 g/mol. The van der Waals surface area contributed by atoms with Gasteiger partial charge in [-0.15, -0.1) is 0 Å². The van der Waals surface area contributed by atoms with Gasteiger partial charge in [0.25, 0.3) is 0 Å². The van der Waals surface area contributed by atoms with Crippen molar-refractivity contribution in [3.63, 3.8) is 0 Å². The van der Waals surface area contributed by atoms with Crippen molar-refractivity contribution in [3.8, 4) is 0 Å². The molecule has 0 aliphatic heterocycles. The zero-order chi connectivity index (χ0) is 12.6. The Hall–Kier alpha value is -0.640. The second kappa shape index (κ2) is 3.51. The molecule has 6 rings (SSSR count). The van der Waals surface area contributed by atoms with E-state index in [0.29, 0.717) is 11.5 Å². The highest BCUT2D eigenvalue weighted by molar-refractivity contribution is 7.71. The summed E-state index contributed by atoms with van der Waals surface area (Å²) in [6, 6.07) is 0.661. The summed E-state index contributed by atoms with van der Waals surface area (Å²) in [6.07, 6.45) is 11.2. The van der Waals surface area contributed by atoms with Crippen LogP contribution in [0.4, 0.5) is 0 Å². The van der Waals surface area contributed by atoms with E-state index in [1.54, 1.807) is 0 Å². The van der Waals surface area contributed by atoms with Gasteiger partial charge in [-0.05, 0) is 81.3 Å². The van der Waals surface area contributed by atoms with Crippen LogP contribution < -0.4 is 0 Å². The summed E-state index contributed by atoms with van der Waals surface area (Å²) in [4.78, 5) is 0. The van der Waals surface area contributed by atoms with Crippen molar-refractivity contribution in [2.24, 2.45) is 17.8 Å². The average molecular weight is 275 g/mol. The number of aromatic amines is 1. The molecule has 3 nitrogen and oxygen atoms in total. The summed E-state index contributed by atoms with van der Waals surface area (Å²) < 4.78 is 3.26. The van der Waals surface area contributed by atoms with Crippen molar-refractivity contribution in [2.75, 3.05) is 0 Å². The van der Waals surface area contributed by atoms with Crippen LogP contribution in [0, 0.1) is 22.5 Å². The Morgan fingerprint density at radius 2 is 1.63 bits per heavy atom. The van der Waals surface area contributed by atoms with Crippen LogP contribution in [0.15, 0.2) is 0 Å². The summed E-state index contributed by atoms with van der Waals surface area (Å²) >= 11 is 5.49. The van der Waals surface area contributed by atoms with Gasteiger partial charge in [-0.1, -0.05) is 0 Å². The lowest BCUT2D eigenvalue weighted by atomic mass is 9.49. The summed E-state index contributed by atoms with van der Waals surface area (Å²) in [6.45, 7) is 0. The number of H-pyrrole nitrogens is 1. The summed E-state index contributed by atoms with van der Waals surface area (Å²) in [5.74, 6) is 4.26. The van der Waals surface area contributed by atoms with Crippen LogP contribution in [0.25, 0.3) is 0 Å². The largest absolute Gasteiger partial charge is 0.301 e. The summed E-state index contributed by atoms with van der Waals surface area (Å²) in [5.41, 5.74) is 0.380. The highest BCUT2D eigenvalue weighted by Gasteiger charge is 2.54. The van der Waals surface area contributed by atoms with E-state index in [2.05, 4.69) is 9.67 Å². The zero-order valence-electron chi connectivity index (χ0n) is 11.3. The Balaban J connectivity index is 1.64. The first-order valence-electron chi connectivity index (χ1n) is 7.91. The molecule has 1 N–H and O–H groups in total. The third kappa shape index (κ3) is 1.49. The van der Waals surface area contributed by atoms with E-state index >= 15 is 0 Å². The van der Waals surface area contributed by atoms with Crippen molar-refractivity contribution < 1.29 is 0 Å². The van der Waals surface area contributed by atoms with E-state index in [9.17, 15) is 0 Å². The van der Waals surface area contributed by atoms with Crippen molar-refractivity contribution in [2.45, 2.75) is 62.8 Å². The van der Waals surface area contributed by atoms with Crippen molar-refractivity contribution in [1.29, 1.82) is 0 Å². The quantitative estimate of drug-likeness (QED) is 0.834. The second-order valence-corrected chi connectivity index (χ2v) is 8.04. The second-order valence-electron chi connectivity index (χ2n) is 7.65. The van der Waals surface area contributed by atoms with Crippen LogP contribution in [0.1, 0.15) is 63.2 Å². The Morgan fingerprint density at radius 3 is 2.16 bits per heavy atom. The molecule has 0 saturated heterocycles. The zero-order valence-corrected chi connectivity index (χ0v) is 12.1. The topological polar surface area (TPSA) is 33.6 Å². The molecule has 5 fully saturated rings. The van der Waals surface area contributed by atoms with Gasteiger partial charge < -0.3 is 4.57 Å². The molecule has 0 unspecified atom stereocenters. The van der Waals surface area contributed by atoms with Crippen molar-refractivity contribution in [3.05, 3.63) is 10.6 Å². The molecule has 0 radical (unpaired) electrons. The average Bonchev–Trinajstić information content (AvgIpc) is 3.10. The normalized spacial score (nSPS) is 43.9. The van der Waals surface area contributed by atoms with Gasteiger partial charge in [-0.3, -0.25) is 5.10 Å². The van der Waals surface area contributed by atoms with Gasteiger partial charge in [0.05, 0.1) is 0 Å². The minimum atomic E-state index is 0.380. The van der Waals surface area contributed by atoms with Crippen LogP contribution in [-0.4, -0.2) is 14.8 Å². The number of nitrogens with zero attached hydrogens (tertiary/aromatic N) is 2. The Kier molecular flexibility index (Phi) is 2.05. The molecule has 102 valence electrons. The number of rotatable bonds is 2. The molecule has 1 aromatic heterocycles. The van der Waals surface area contributed by atoms with Crippen LogP contribution >= 0.6 is 12.2 Å². The first-order valence-corrected chi connectivity index (χ1v) is 8.32. The highest BCUT2D eigenvalue weighted by atomic mass is 32.1. The maximum Gasteiger partial charge on any atom is 0.195 e. The number of nitrogens with one attached hydrogen (secondary N) is 1. The van der Waals surface area contributed by atoms with Gasteiger partial charge in [0, 0.05) is 11.5 Å². The molecule has 0 spiro atoms. The van der Waals surface area contributed by atoms with Gasteiger partial charge >= 0.3 is 0 Å². The van der Waals surface area contributed by atoms with E-state index in [-0.39, 0.29) is 0 Å². The SMILES string of the molecule is S=c1[nH]nc(C23CC4CC(CC(C4)C2)C3)n1C1CC1. The summed E-state index contributed by atoms with van der Waals surface area (Å²) in [5, 5.41) is 7.81. The fraction of sp³-hybridized carbons (Fsp3) is 0.867. The van der Waals surface area contributed by atoms with E-state index < -0.39 is 0 Å². The lowest BCUT2D eigenvalue weighted by molar-refractivity contribution is -0.0112. The molecule has 5 aliphatic carbocycles. The van der Waals surface area contributed by atoms with Crippen LogP contribution in [-0.2, 0) is 5.41 Å². The van der Waals surface area contributed by atoms with Crippen LogP contribution in [0.3, 0.4) is 0 Å². The maximum atomic E-state index is 5.49. The minimum absolute atomic E-state index is 0.380. The summed E-state index contributed by atoms with van der Waals surface area (Å²) in [7, 11) is 0. The van der Waals surface area contributed by atoms with Gasteiger partial charge in [-0.2, -0.15) is 5.10 Å². The third-order valence-corrected chi connectivity index (χ3v) is 6.42.